The fourth-order valence-electron chi connectivity index (χ4n) is 2.06. The van der Waals surface area contributed by atoms with E-state index in [2.05, 4.69) is 26.0 Å². The number of halogens is 1. The van der Waals surface area contributed by atoms with Crippen molar-refractivity contribution in [2.45, 2.75) is 13.5 Å². The maximum Gasteiger partial charge on any atom is 0.337 e. The molecule has 0 fully saturated rings. The normalized spacial score (nSPS) is 10.1. The minimum absolute atomic E-state index is 0.109. The molecule has 2 rings (SSSR count). The van der Waals surface area contributed by atoms with Crippen LogP contribution in [0.4, 0.5) is 0 Å². The Balaban J connectivity index is 1.88. The van der Waals surface area contributed by atoms with Gasteiger partial charge in [-0.1, -0.05) is 24.3 Å². The summed E-state index contributed by atoms with van der Waals surface area (Å²) >= 11 is 3.32. The molecule has 0 heterocycles. The van der Waals surface area contributed by atoms with Crippen molar-refractivity contribution in [3.63, 3.8) is 0 Å². The van der Waals surface area contributed by atoms with Crippen molar-refractivity contribution in [1.82, 2.24) is 5.32 Å². The second kappa shape index (κ2) is 8.49. The van der Waals surface area contributed by atoms with Crippen LogP contribution < -0.4 is 10.1 Å². The fourth-order valence-corrected chi connectivity index (χ4v) is 2.55. The maximum atomic E-state index is 11.9. The van der Waals surface area contributed by atoms with Crippen molar-refractivity contribution in [3.05, 3.63) is 63.6 Å². The number of amides is 1. The van der Waals surface area contributed by atoms with Crippen LogP contribution in [0.25, 0.3) is 0 Å². The van der Waals surface area contributed by atoms with Crippen LogP contribution in [0, 0.1) is 6.92 Å². The molecular formula is C18H18BrNO4. The average Bonchev–Trinajstić information content (AvgIpc) is 2.59. The smallest absolute Gasteiger partial charge is 0.337 e. The Morgan fingerprint density at radius 2 is 1.92 bits per heavy atom. The summed E-state index contributed by atoms with van der Waals surface area (Å²) in [5.74, 6) is -0.172. The number of carbonyl (C=O) groups is 2. The number of benzene rings is 2. The summed E-state index contributed by atoms with van der Waals surface area (Å²) in [5, 5.41) is 2.81. The van der Waals surface area contributed by atoms with Gasteiger partial charge in [0.2, 0.25) is 0 Å². The highest BCUT2D eigenvalue weighted by molar-refractivity contribution is 9.10. The Hall–Kier alpha value is -2.34. The number of aryl methyl sites for hydroxylation is 1. The van der Waals surface area contributed by atoms with Gasteiger partial charge in [0.15, 0.2) is 6.61 Å². The fraction of sp³-hybridized carbons (Fsp3) is 0.222. The summed E-state index contributed by atoms with van der Waals surface area (Å²) in [5.41, 5.74) is 2.59. The van der Waals surface area contributed by atoms with E-state index in [1.54, 1.807) is 18.2 Å². The third-order valence-corrected chi connectivity index (χ3v) is 4.07. The summed E-state index contributed by atoms with van der Waals surface area (Å²) < 4.78 is 10.7. The van der Waals surface area contributed by atoms with Gasteiger partial charge in [-0.2, -0.15) is 0 Å². The predicted octanol–water partition coefficient (Wildman–Crippen LogP) is 3.24. The van der Waals surface area contributed by atoms with Gasteiger partial charge in [0, 0.05) is 6.54 Å². The maximum absolute atomic E-state index is 11.9. The van der Waals surface area contributed by atoms with Crippen LogP contribution in [0.15, 0.2) is 46.9 Å². The van der Waals surface area contributed by atoms with Gasteiger partial charge in [-0.15, -0.1) is 0 Å². The second-order valence-corrected chi connectivity index (χ2v) is 5.98. The molecule has 0 radical (unpaired) electrons. The molecule has 24 heavy (non-hydrogen) atoms. The molecule has 0 spiro atoms. The molecule has 0 saturated heterocycles. The molecule has 126 valence electrons. The second-order valence-electron chi connectivity index (χ2n) is 5.13. The minimum Gasteiger partial charge on any atom is -0.483 e. The molecule has 0 aliphatic heterocycles. The van der Waals surface area contributed by atoms with Gasteiger partial charge in [0.1, 0.15) is 5.75 Å². The lowest BCUT2D eigenvalue weighted by molar-refractivity contribution is -0.123. The Bertz CT molecular complexity index is 746. The average molecular weight is 392 g/mol. The largest absolute Gasteiger partial charge is 0.483 e. The monoisotopic (exact) mass is 391 g/mol. The summed E-state index contributed by atoms with van der Waals surface area (Å²) in [6.45, 7) is 2.34. The molecule has 1 N–H and O–H groups in total. The molecule has 0 aromatic heterocycles. The third-order valence-electron chi connectivity index (χ3n) is 3.45. The Morgan fingerprint density at radius 3 is 2.58 bits per heavy atom. The lowest BCUT2D eigenvalue weighted by Gasteiger charge is -2.10. The van der Waals surface area contributed by atoms with Crippen LogP contribution in [-0.4, -0.2) is 25.6 Å². The van der Waals surface area contributed by atoms with Gasteiger partial charge in [0.05, 0.1) is 17.1 Å². The van der Waals surface area contributed by atoms with Crippen molar-refractivity contribution >= 4 is 27.8 Å². The minimum atomic E-state index is -0.432. The molecule has 2 aromatic rings. The molecule has 0 unspecified atom stereocenters. The Labute approximate surface area is 149 Å². The summed E-state index contributed by atoms with van der Waals surface area (Å²) in [4.78, 5) is 23.4. The molecule has 1 amide bonds. The Morgan fingerprint density at radius 1 is 1.17 bits per heavy atom. The zero-order valence-electron chi connectivity index (χ0n) is 13.5. The topological polar surface area (TPSA) is 64.6 Å². The summed E-state index contributed by atoms with van der Waals surface area (Å²) in [6, 6.07) is 12.6. The van der Waals surface area contributed by atoms with E-state index >= 15 is 0 Å². The van der Waals surface area contributed by atoms with E-state index in [0.717, 1.165) is 11.1 Å². The van der Waals surface area contributed by atoms with Gasteiger partial charge in [-0.25, -0.2) is 4.79 Å². The highest BCUT2D eigenvalue weighted by Gasteiger charge is 2.10. The number of esters is 1. The van der Waals surface area contributed by atoms with Crippen LogP contribution in [0.3, 0.4) is 0 Å². The first-order valence-electron chi connectivity index (χ1n) is 7.33. The standard InChI is InChI=1S/C18H18BrNO4/c1-12-5-3-4-6-14(12)10-20-17(21)11-24-16-8-7-13(9-15(16)19)18(22)23-2/h3-9H,10-11H2,1-2H3,(H,20,21). The highest BCUT2D eigenvalue weighted by Crippen LogP contribution is 2.26. The van der Waals surface area contributed by atoms with E-state index in [9.17, 15) is 9.59 Å². The molecule has 0 aliphatic carbocycles. The zero-order chi connectivity index (χ0) is 17.5. The van der Waals surface area contributed by atoms with Gasteiger partial charge in [-0.3, -0.25) is 4.79 Å². The van der Waals surface area contributed by atoms with Gasteiger partial charge < -0.3 is 14.8 Å². The van der Waals surface area contributed by atoms with Crippen LogP contribution >= 0.6 is 15.9 Å². The SMILES string of the molecule is COC(=O)c1ccc(OCC(=O)NCc2ccccc2C)c(Br)c1. The van der Waals surface area contributed by atoms with Gasteiger partial charge in [-0.05, 0) is 52.2 Å². The van der Waals surface area contributed by atoms with Crippen molar-refractivity contribution in [3.8, 4) is 5.75 Å². The predicted molar refractivity (Wildman–Crippen MR) is 94.0 cm³/mol. The molecular weight excluding hydrogens is 374 g/mol. The molecule has 6 heteroatoms. The Kier molecular flexibility index (Phi) is 6.37. The lowest BCUT2D eigenvalue weighted by atomic mass is 10.1. The van der Waals surface area contributed by atoms with E-state index in [1.165, 1.54) is 7.11 Å². The van der Waals surface area contributed by atoms with Crippen LogP contribution in [0.5, 0.6) is 5.75 Å². The number of hydrogen-bond donors (Lipinski definition) is 1. The van der Waals surface area contributed by atoms with Gasteiger partial charge >= 0.3 is 5.97 Å². The summed E-state index contributed by atoms with van der Waals surface area (Å²) in [6.07, 6.45) is 0. The number of rotatable bonds is 6. The van der Waals surface area contributed by atoms with Gasteiger partial charge in [0.25, 0.3) is 5.91 Å². The molecule has 2 aromatic carbocycles. The van der Waals surface area contributed by atoms with Crippen molar-refractivity contribution in [1.29, 1.82) is 0 Å². The lowest BCUT2D eigenvalue weighted by Crippen LogP contribution is -2.28. The zero-order valence-corrected chi connectivity index (χ0v) is 15.1. The first kappa shape index (κ1) is 18.0. The molecule has 0 saturated carbocycles. The third kappa shape index (κ3) is 4.83. The molecule has 0 atom stereocenters. The summed E-state index contributed by atoms with van der Waals surface area (Å²) in [7, 11) is 1.32. The van der Waals surface area contributed by atoms with E-state index in [0.29, 0.717) is 22.3 Å². The molecule has 5 nitrogen and oxygen atoms in total. The number of carbonyl (C=O) groups excluding carboxylic acids is 2. The molecule has 0 bridgehead atoms. The molecule has 0 aliphatic rings. The number of ether oxygens (including phenoxy) is 2. The number of hydrogen-bond acceptors (Lipinski definition) is 4. The number of nitrogens with one attached hydrogen (secondary N) is 1. The van der Waals surface area contributed by atoms with E-state index < -0.39 is 5.97 Å². The van der Waals surface area contributed by atoms with Crippen LogP contribution in [0.1, 0.15) is 21.5 Å². The van der Waals surface area contributed by atoms with Crippen molar-refractivity contribution in [2.75, 3.05) is 13.7 Å². The first-order valence-corrected chi connectivity index (χ1v) is 8.12. The van der Waals surface area contributed by atoms with E-state index in [1.807, 2.05) is 31.2 Å². The van der Waals surface area contributed by atoms with Crippen LogP contribution in [0.2, 0.25) is 0 Å². The van der Waals surface area contributed by atoms with Crippen LogP contribution in [-0.2, 0) is 16.1 Å². The van der Waals surface area contributed by atoms with E-state index in [4.69, 9.17) is 4.74 Å². The highest BCUT2D eigenvalue weighted by atomic mass is 79.9. The quantitative estimate of drug-likeness (QED) is 0.767. The van der Waals surface area contributed by atoms with E-state index in [-0.39, 0.29) is 12.5 Å². The van der Waals surface area contributed by atoms with Crippen molar-refractivity contribution in [2.24, 2.45) is 0 Å². The first-order chi connectivity index (χ1) is 11.5. The van der Waals surface area contributed by atoms with Crippen molar-refractivity contribution < 1.29 is 19.1 Å². The number of methoxy groups -OCH3 is 1.